The molecule has 1 aliphatic carbocycles. The quantitative estimate of drug-likeness (QED) is 0.793. The molecule has 0 heterocycles. The van der Waals surface area contributed by atoms with Crippen molar-refractivity contribution in [3.8, 4) is 0 Å². The lowest BCUT2D eigenvalue weighted by Crippen LogP contribution is -2.36. The van der Waals surface area contributed by atoms with Gasteiger partial charge in [-0.3, -0.25) is 4.79 Å². The van der Waals surface area contributed by atoms with Gasteiger partial charge in [-0.05, 0) is 49.6 Å². The summed E-state index contributed by atoms with van der Waals surface area (Å²) in [5.41, 5.74) is 1.38. The highest BCUT2D eigenvalue weighted by molar-refractivity contribution is 7.89. The van der Waals surface area contributed by atoms with E-state index in [0.717, 1.165) is 31.2 Å². The molecule has 1 unspecified atom stereocenters. The van der Waals surface area contributed by atoms with Crippen LogP contribution in [0.25, 0.3) is 0 Å². The normalized spacial score (nSPS) is 16.6. The summed E-state index contributed by atoms with van der Waals surface area (Å²) in [6, 6.07) is 15.4. The van der Waals surface area contributed by atoms with Crippen molar-refractivity contribution in [3.05, 3.63) is 65.7 Å². The molecule has 0 spiro atoms. The molecule has 0 radical (unpaired) electrons. The molecule has 2 N–H and O–H groups in total. The minimum Gasteiger partial charge on any atom is -0.349 e. The molecule has 6 heteroatoms. The lowest BCUT2D eigenvalue weighted by molar-refractivity contribution is 0.0927. The van der Waals surface area contributed by atoms with Gasteiger partial charge in [0.1, 0.15) is 0 Å². The van der Waals surface area contributed by atoms with E-state index >= 15 is 0 Å². The Balaban J connectivity index is 1.65. The van der Waals surface area contributed by atoms with Gasteiger partial charge in [-0.25, -0.2) is 13.1 Å². The second-order valence-electron chi connectivity index (χ2n) is 7.09. The van der Waals surface area contributed by atoms with Gasteiger partial charge >= 0.3 is 0 Å². The summed E-state index contributed by atoms with van der Waals surface area (Å²) in [5, 5.41) is 3.04. The largest absolute Gasteiger partial charge is 0.349 e. The number of amides is 1. The maximum absolute atomic E-state index is 12.6. The zero-order valence-corrected chi connectivity index (χ0v) is 16.3. The van der Waals surface area contributed by atoms with Crippen LogP contribution in [-0.4, -0.2) is 20.4 Å². The first-order valence-electron chi connectivity index (χ1n) is 9.44. The van der Waals surface area contributed by atoms with E-state index in [1.165, 1.54) is 18.6 Å². The molecular formula is C21H26N2O3S. The summed E-state index contributed by atoms with van der Waals surface area (Å²) in [6.07, 6.45) is 5.55. The van der Waals surface area contributed by atoms with Gasteiger partial charge in [0.05, 0.1) is 4.90 Å². The SMILES string of the molecule is CC(NS(=O)(=O)c1ccc(C(=O)NC2CCCCC2)cc1)c1ccccc1. The average Bonchev–Trinajstić information content (AvgIpc) is 2.69. The Morgan fingerprint density at radius 2 is 1.59 bits per heavy atom. The van der Waals surface area contributed by atoms with Crippen LogP contribution in [0.2, 0.25) is 0 Å². The number of hydrogen-bond donors (Lipinski definition) is 2. The molecule has 27 heavy (non-hydrogen) atoms. The van der Waals surface area contributed by atoms with Crippen LogP contribution < -0.4 is 10.0 Å². The first-order valence-corrected chi connectivity index (χ1v) is 10.9. The van der Waals surface area contributed by atoms with Crippen molar-refractivity contribution in [2.45, 2.75) is 56.0 Å². The topological polar surface area (TPSA) is 75.3 Å². The number of carbonyl (C=O) groups excluding carboxylic acids is 1. The molecular weight excluding hydrogens is 360 g/mol. The fourth-order valence-corrected chi connectivity index (χ4v) is 4.64. The van der Waals surface area contributed by atoms with E-state index in [0.29, 0.717) is 5.56 Å². The molecule has 1 saturated carbocycles. The van der Waals surface area contributed by atoms with Crippen LogP contribution in [0.15, 0.2) is 59.5 Å². The van der Waals surface area contributed by atoms with Gasteiger partial charge < -0.3 is 5.32 Å². The van der Waals surface area contributed by atoms with Gasteiger partial charge in [0.15, 0.2) is 0 Å². The number of carbonyl (C=O) groups is 1. The minimum absolute atomic E-state index is 0.142. The fourth-order valence-electron chi connectivity index (χ4n) is 3.41. The van der Waals surface area contributed by atoms with Crippen LogP contribution in [-0.2, 0) is 10.0 Å². The Kier molecular flexibility index (Phi) is 6.29. The van der Waals surface area contributed by atoms with Crippen molar-refractivity contribution in [3.63, 3.8) is 0 Å². The van der Waals surface area contributed by atoms with Gasteiger partial charge in [-0.1, -0.05) is 49.6 Å². The summed E-state index contributed by atoms with van der Waals surface area (Å²) in [7, 11) is -3.66. The first kappa shape index (κ1) is 19.6. The Hall–Kier alpha value is -2.18. The minimum atomic E-state index is -3.66. The molecule has 1 aliphatic rings. The van der Waals surface area contributed by atoms with Gasteiger partial charge in [0.2, 0.25) is 10.0 Å². The second kappa shape index (κ2) is 8.67. The van der Waals surface area contributed by atoms with Crippen molar-refractivity contribution in [2.24, 2.45) is 0 Å². The first-order chi connectivity index (χ1) is 13.0. The van der Waals surface area contributed by atoms with Crippen molar-refractivity contribution in [2.75, 3.05) is 0 Å². The summed E-state index contributed by atoms with van der Waals surface area (Å²) >= 11 is 0. The number of rotatable bonds is 6. The molecule has 1 amide bonds. The van der Waals surface area contributed by atoms with Crippen LogP contribution in [0.4, 0.5) is 0 Å². The Bertz CT molecular complexity index is 858. The maximum Gasteiger partial charge on any atom is 0.251 e. The molecule has 1 fully saturated rings. The van der Waals surface area contributed by atoms with Crippen molar-refractivity contribution < 1.29 is 13.2 Å². The molecule has 144 valence electrons. The predicted octanol–water partition coefficient (Wildman–Crippen LogP) is 3.79. The summed E-state index contributed by atoms with van der Waals surface area (Å²) in [4.78, 5) is 12.5. The van der Waals surface area contributed by atoms with E-state index in [1.807, 2.05) is 30.3 Å². The second-order valence-corrected chi connectivity index (χ2v) is 8.80. The zero-order valence-electron chi connectivity index (χ0n) is 15.5. The van der Waals surface area contributed by atoms with E-state index in [9.17, 15) is 13.2 Å². The number of benzene rings is 2. The van der Waals surface area contributed by atoms with Crippen molar-refractivity contribution >= 4 is 15.9 Å². The van der Waals surface area contributed by atoms with E-state index in [4.69, 9.17) is 0 Å². The molecule has 2 aromatic carbocycles. The van der Waals surface area contributed by atoms with E-state index in [2.05, 4.69) is 10.0 Å². The smallest absolute Gasteiger partial charge is 0.251 e. The molecule has 3 rings (SSSR count). The lowest BCUT2D eigenvalue weighted by atomic mass is 9.95. The Morgan fingerprint density at radius 3 is 2.22 bits per heavy atom. The average molecular weight is 387 g/mol. The molecule has 5 nitrogen and oxygen atoms in total. The molecule has 0 bridgehead atoms. The Labute approximate surface area is 161 Å². The number of hydrogen-bond acceptors (Lipinski definition) is 3. The summed E-state index contributed by atoms with van der Waals surface area (Å²) in [6.45, 7) is 1.80. The predicted molar refractivity (Wildman–Crippen MR) is 106 cm³/mol. The number of nitrogens with one attached hydrogen (secondary N) is 2. The summed E-state index contributed by atoms with van der Waals surface area (Å²) in [5.74, 6) is -0.142. The van der Waals surface area contributed by atoms with Crippen LogP contribution in [0.1, 0.15) is 61.0 Å². The van der Waals surface area contributed by atoms with Gasteiger partial charge in [0, 0.05) is 17.6 Å². The highest BCUT2D eigenvalue weighted by Crippen LogP contribution is 2.19. The molecule has 0 aliphatic heterocycles. The fraction of sp³-hybridized carbons (Fsp3) is 0.381. The third kappa shape index (κ3) is 5.17. The molecule has 0 saturated heterocycles. The third-order valence-electron chi connectivity index (χ3n) is 5.00. The van der Waals surface area contributed by atoms with Gasteiger partial charge in [0.25, 0.3) is 5.91 Å². The monoisotopic (exact) mass is 386 g/mol. The lowest BCUT2D eigenvalue weighted by Gasteiger charge is -2.22. The van der Waals surface area contributed by atoms with Crippen LogP contribution in [0.5, 0.6) is 0 Å². The zero-order chi connectivity index (χ0) is 19.3. The third-order valence-corrected chi connectivity index (χ3v) is 6.56. The number of sulfonamides is 1. The van der Waals surface area contributed by atoms with Gasteiger partial charge in [-0.2, -0.15) is 0 Å². The van der Waals surface area contributed by atoms with Crippen molar-refractivity contribution in [1.29, 1.82) is 0 Å². The van der Waals surface area contributed by atoms with Crippen molar-refractivity contribution in [1.82, 2.24) is 10.0 Å². The summed E-state index contributed by atoms with van der Waals surface area (Å²) < 4.78 is 27.9. The van der Waals surface area contributed by atoms with Crippen LogP contribution >= 0.6 is 0 Å². The highest BCUT2D eigenvalue weighted by atomic mass is 32.2. The van der Waals surface area contributed by atoms with E-state index < -0.39 is 10.0 Å². The van der Waals surface area contributed by atoms with Crippen LogP contribution in [0, 0.1) is 0 Å². The standard InChI is InChI=1S/C21H26N2O3S/c1-16(17-8-4-2-5-9-17)23-27(25,26)20-14-12-18(13-15-20)21(24)22-19-10-6-3-7-11-19/h2,4-5,8-9,12-16,19,23H,3,6-7,10-11H2,1H3,(H,22,24). The molecule has 1 atom stereocenters. The van der Waals surface area contributed by atoms with Gasteiger partial charge in [-0.15, -0.1) is 0 Å². The highest BCUT2D eigenvalue weighted by Gasteiger charge is 2.20. The molecule has 2 aromatic rings. The van der Waals surface area contributed by atoms with E-state index in [1.54, 1.807) is 19.1 Å². The maximum atomic E-state index is 12.6. The van der Waals surface area contributed by atoms with Crippen LogP contribution in [0.3, 0.4) is 0 Å². The molecule has 0 aromatic heterocycles. The Morgan fingerprint density at radius 1 is 0.963 bits per heavy atom. The van der Waals surface area contributed by atoms with E-state index in [-0.39, 0.29) is 22.9 Å².